The van der Waals surface area contributed by atoms with E-state index in [9.17, 15) is 0 Å². The summed E-state index contributed by atoms with van der Waals surface area (Å²) in [4.78, 5) is 2.49. The van der Waals surface area contributed by atoms with Crippen LogP contribution in [0.5, 0.6) is 0 Å². The molecule has 0 bridgehead atoms. The molecule has 102 valence electrons. The van der Waals surface area contributed by atoms with E-state index in [-0.39, 0.29) is 5.54 Å². The molecule has 0 aromatic carbocycles. The van der Waals surface area contributed by atoms with Gasteiger partial charge in [0.15, 0.2) is 0 Å². The number of aromatic nitrogens is 2. The molecule has 1 aliphatic rings. The molecule has 0 amide bonds. The van der Waals surface area contributed by atoms with Crippen molar-refractivity contribution >= 4 is 0 Å². The van der Waals surface area contributed by atoms with Crippen LogP contribution < -0.4 is 5.73 Å². The molecule has 1 saturated carbocycles. The smallest absolute Gasteiger partial charge is 0.0522 e. The second kappa shape index (κ2) is 5.85. The molecule has 1 heterocycles. The van der Waals surface area contributed by atoms with E-state index in [0.29, 0.717) is 0 Å². The van der Waals surface area contributed by atoms with Crippen LogP contribution in [0.1, 0.15) is 37.7 Å². The molecule has 18 heavy (non-hydrogen) atoms. The van der Waals surface area contributed by atoms with Gasteiger partial charge in [-0.15, -0.1) is 0 Å². The Morgan fingerprint density at radius 3 is 2.67 bits per heavy atom. The molecule has 0 aliphatic heterocycles. The molecular weight excluding hydrogens is 224 g/mol. The fourth-order valence-electron chi connectivity index (χ4n) is 3.09. The third-order valence-electron chi connectivity index (χ3n) is 4.47. The Morgan fingerprint density at radius 2 is 2.11 bits per heavy atom. The lowest BCUT2D eigenvalue weighted by atomic mass is 9.80. The summed E-state index contributed by atoms with van der Waals surface area (Å²) in [5.74, 6) is 0. The molecule has 1 aromatic rings. The number of rotatable bonds is 5. The number of nitrogens with zero attached hydrogens (tertiary/aromatic N) is 3. The molecule has 2 N–H and O–H groups in total. The van der Waals surface area contributed by atoms with E-state index < -0.39 is 0 Å². The molecule has 1 aromatic heterocycles. The van der Waals surface area contributed by atoms with Gasteiger partial charge in [0.1, 0.15) is 0 Å². The van der Waals surface area contributed by atoms with Gasteiger partial charge in [-0.3, -0.25) is 9.58 Å². The lowest BCUT2D eigenvalue weighted by molar-refractivity contribution is 0.0838. The molecule has 0 spiro atoms. The molecule has 0 radical (unpaired) electrons. The number of hydrogen-bond donors (Lipinski definition) is 1. The van der Waals surface area contributed by atoms with Crippen LogP contribution in [0.2, 0.25) is 0 Å². The summed E-state index contributed by atoms with van der Waals surface area (Å²) in [5, 5.41) is 4.22. The first-order valence-electron chi connectivity index (χ1n) is 7.05. The quantitative estimate of drug-likeness (QED) is 0.862. The largest absolute Gasteiger partial charge is 0.329 e. The predicted molar refractivity (Wildman–Crippen MR) is 74.4 cm³/mol. The zero-order valence-electron chi connectivity index (χ0n) is 11.7. The molecule has 4 nitrogen and oxygen atoms in total. The van der Waals surface area contributed by atoms with Crippen molar-refractivity contribution in [2.75, 3.05) is 20.1 Å². The van der Waals surface area contributed by atoms with Crippen molar-refractivity contribution in [1.82, 2.24) is 14.7 Å². The minimum atomic E-state index is 0.250. The fourth-order valence-corrected chi connectivity index (χ4v) is 3.09. The minimum absolute atomic E-state index is 0.250. The number of aryl methyl sites for hydroxylation is 1. The van der Waals surface area contributed by atoms with E-state index in [1.54, 1.807) is 0 Å². The van der Waals surface area contributed by atoms with Gasteiger partial charge in [0.05, 0.1) is 6.20 Å². The highest BCUT2D eigenvalue weighted by atomic mass is 15.2. The van der Waals surface area contributed by atoms with Gasteiger partial charge in [0.25, 0.3) is 0 Å². The first-order valence-corrected chi connectivity index (χ1v) is 7.05. The van der Waals surface area contributed by atoms with Gasteiger partial charge in [-0.2, -0.15) is 5.10 Å². The standard InChI is InChI=1S/C14H26N4/c1-17(9-6-13-10-16-18(2)11-13)14(12-15)7-4-3-5-8-14/h10-11H,3-9,12,15H2,1-2H3. The second-order valence-electron chi connectivity index (χ2n) is 5.68. The number of hydrogen-bond acceptors (Lipinski definition) is 3. The van der Waals surface area contributed by atoms with Crippen LogP contribution in [-0.2, 0) is 13.5 Å². The SMILES string of the molecule is CN(CCc1cnn(C)c1)C1(CN)CCCCC1. The maximum Gasteiger partial charge on any atom is 0.0522 e. The summed E-state index contributed by atoms with van der Waals surface area (Å²) >= 11 is 0. The normalized spacial score (nSPS) is 19.3. The van der Waals surface area contributed by atoms with Crippen LogP contribution in [0.4, 0.5) is 0 Å². The lowest BCUT2D eigenvalue weighted by Gasteiger charge is -2.44. The van der Waals surface area contributed by atoms with E-state index in [1.807, 2.05) is 17.9 Å². The highest BCUT2D eigenvalue weighted by Gasteiger charge is 2.34. The Labute approximate surface area is 110 Å². The fraction of sp³-hybridized carbons (Fsp3) is 0.786. The third kappa shape index (κ3) is 2.93. The van der Waals surface area contributed by atoms with Crippen molar-refractivity contribution in [1.29, 1.82) is 0 Å². The average Bonchev–Trinajstić information content (AvgIpc) is 2.82. The van der Waals surface area contributed by atoms with Crippen molar-refractivity contribution in [3.05, 3.63) is 18.0 Å². The van der Waals surface area contributed by atoms with E-state index in [1.165, 1.54) is 37.7 Å². The summed E-state index contributed by atoms with van der Waals surface area (Å²) in [5.41, 5.74) is 7.62. The summed E-state index contributed by atoms with van der Waals surface area (Å²) in [6.07, 6.45) is 11.7. The monoisotopic (exact) mass is 250 g/mol. The zero-order valence-corrected chi connectivity index (χ0v) is 11.7. The Kier molecular flexibility index (Phi) is 4.40. The summed E-state index contributed by atoms with van der Waals surface area (Å²) in [6, 6.07) is 0. The molecule has 2 rings (SSSR count). The number of likely N-dealkylation sites (N-methyl/N-ethyl adjacent to an activating group) is 1. The van der Waals surface area contributed by atoms with Crippen molar-refractivity contribution < 1.29 is 0 Å². The van der Waals surface area contributed by atoms with Gasteiger partial charge in [0, 0.05) is 31.9 Å². The van der Waals surface area contributed by atoms with E-state index in [2.05, 4.69) is 23.2 Å². The predicted octanol–water partition coefficient (Wildman–Crippen LogP) is 1.56. The van der Waals surface area contributed by atoms with Gasteiger partial charge in [-0.25, -0.2) is 0 Å². The van der Waals surface area contributed by atoms with Gasteiger partial charge < -0.3 is 5.73 Å². The highest BCUT2D eigenvalue weighted by Crippen LogP contribution is 2.32. The molecule has 4 heteroatoms. The Bertz CT molecular complexity index is 366. The summed E-state index contributed by atoms with van der Waals surface area (Å²) < 4.78 is 1.87. The lowest BCUT2D eigenvalue weighted by Crippen LogP contribution is -2.53. The van der Waals surface area contributed by atoms with E-state index in [0.717, 1.165) is 19.5 Å². The second-order valence-corrected chi connectivity index (χ2v) is 5.68. The number of nitrogens with two attached hydrogens (primary N) is 1. The average molecular weight is 250 g/mol. The molecule has 1 fully saturated rings. The maximum atomic E-state index is 6.05. The van der Waals surface area contributed by atoms with Crippen LogP contribution in [0.3, 0.4) is 0 Å². The van der Waals surface area contributed by atoms with Crippen molar-refractivity contribution in [2.24, 2.45) is 12.8 Å². The first-order chi connectivity index (χ1) is 8.66. The van der Waals surface area contributed by atoms with Gasteiger partial charge >= 0.3 is 0 Å². The first kappa shape index (κ1) is 13.6. The summed E-state index contributed by atoms with van der Waals surface area (Å²) in [7, 11) is 4.20. The maximum absolute atomic E-state index is 6.05. The van der Waals surface area contributed by atoms with Crippen LogP contribution in [-0.4, -0.2) is 40.4 Å². The minimum Gasteiger partial charge on any atom is -0.329 e. The Balaban J connectivity index is 1.91. The molecule has 0 atom stereocenters. The van der Waals surface area contributed by atoms with Gasteiger partial charge in [-0.05, 0) is 31.9 Å². The van der Waals surface area contributed by atoms with Gasteiger partial charge in [-0.1, -0.05) is 19.3 Å². The molecule has 0 unspecified atom stereocenters. The van der Waals surface area contributed by atoms with Crippen molar-refractivity contribution in [3.63, 3.8) is 0 Å². The van der Waals surface area contributed by atoms with Crippen molar-refractivity contribution in [2.45, 2.75) is 44.1 Å². The zero-order chi connectivity index (χ0) is 13.0. The van der Waals surface area contributed by atoms with E-state index in [4.69, 9.17) is 5.73 Å². The molecule has 1 aliphatic carbocycles. The van der Waals surface area contributed by atoms with Crippen LogP contribution in [0, 0.1) is 0 Å². The van der Waals surface area contributed by atoms with E-state index >= 15 is 0 Å². The van der Waals surface area contributed by atoms with Crippen LogP contribution >= 0.6 is 0 Å². The molecule has 0 saturated heterocycles. The topological polar surface area (TPSA) is 47.1 Å². The van der Waals surface area contributed by atoms with Gasteiger partial charge in [0.2, 0.25) is 0 Å². The molecular formula is C14H26N4. The van der Waals surface area contributed by atoms with Crippen LogP contribution in [0.15, 0.2) is 12.4 Å². The van der Waals surface area contributed by atoms with Crippen LogP contribution in [0.25, 0.3) is 0 Å². The Morgan fingerprint density at radius 1 is 1.39 bits per heavy atom. The summed E-state index contributed by atoms with van der Waals surface area (Å²) in [6.45, 7) is 1.86. The van der Waals surface area contributed by atoms with Crippen molar-refractivity contribution in [3.8, 4) is 0 Å². The third-order valence-corrected chi connectivity index (χ3v) is 4.47. The highest BCUT2D eigenvalue weighted by molar-refractivity contribution is 5.05. The Hall–Kier alpha value is -0.870.